The molecule has 0 spiro atoms. The SMILES string of the molecule is C[N+](C)(C)c1ccccc1.[H-].[SnH2]. The molecule has 0 atom stereocenters. The second-order valence-electron chi connectivity index (χ2n) is 3.35. The van der Waals surface area contributed by atoms with Crippen molar-refractivity contribution in [2.45, 2.75) is 0 Å². The number of nitrogens with zero attached hydrogens (tertiary/aromatic N) is 1. The van der Waals surface area contributed by atoms with Crippen molar-refractivity contribution in [3.8, 4) is 0 Å². The third kappa shape index (κ3) is 3.25. The summed E-state index contributed by atoms with van der Waals surface area (Å²) in [6.45, 7) is 0. The van der Waals surface area contributed by atoms with Crippen molar-refractivity contribution in [1.82, 2.24) is 4.48 Å². The van der Waals surface area contributed by atoms with E-state index in [0.717, 1.165) is 4.48 Å². The summed E-state index contributed by atoms with van der Waals surface area (Å²) in [6, 6.07) is 10.5. The first-order valence-corrected chi connectivity index (χ1v) is 3.48. The van der Waals surface area contributed by atoms with Crippen LogP contribution in [0, 0.1) is 0 Å². The van der Waals surface area contributed by atoms with Gasteiger partial charge in [-0.15, -0.1) is 0 Å². The van der Waals surface area contributed by atoms with Crippen LogP contribution < -0.4 is 4.48 Å². The topological polar surface area (TPSA) is 0 Å². The molecule has 1 rings (SSSR count). The normalized spacial score (nSPS) is 10.5. The van der Waals surface area contributed by atoms with Crippen LogP contribution >= 0.6 is 0 Å². The molecule has 0 aliphatic heterocycles. The zero-order chi connectivity index (χ0) is 7.61. The third-order valence-electron chi connectivity index (χ3n) is 1.53. The quantitative estimate of drug-likeness (QED) is 0.522. The summed E-state index contributed by atoms with van der Waals surface area (Å²) in [5, 5.41) is 0. The molecule has 1 aromatic rings. The Hall–Kier alpha value is -0.0213. The van der Waals surface area contributed by atoms with Crippen LogP contribution in [0.2, 0.25) is 0 Å². The molecular formula is C9H17NSn. The zero-order valence-electron chi connectivity index (χ0n) is 8.54. The third-order valence-corrected chi connectivity index (χ3v) is 1.53. The number of hydrogen-bond donors (Lipinski definition) is 0. The van der Waals surface area contributed by atoms with E-state index in [1.165, 1.54) is 5.69 Å². The minimum atomic E-state index is 0. The van der Waals surface area contributed by atoms with Crippen molar-refractivity contribution in [2.24, 2.45) is 0 Å². The van der Waals surface area contributed by atoms with Crippen molar-refractivity contribution < 1.29 is 1.43 Å². The molecule has 0 bridgehead atoms. The van der Waals surface area contributed by atoms with E-state index in [9.17, 15) is 0 Å². The predicted molar refractivity (Wildman–Crippen MR) is 55.7 cm³/mol. The molecule has 11 heavy (non-hydrogen) atoms. The van der Waals surface area contributed by atoms with Crippen LogP contribution in [0.3, 0.4) is 0 Å². The van der Waals surface area contributed by atoms with E-state index in [1.807, 2.05) is 6.07 Å². The molecule has 0 saturated heterocycles. The summed E-state index contributed by atoms with van der Waals surface area (Å²) < 4.78 is 0.890. The van der Waals surface area contributed by atoms with Gasteiger partial charge in [0.25, 0.3) is 0 Å². The van der Waals surface area contributed by atoms with Gasteiger partial charge >= 0.3 is 23.9 Å². The van der Waals surface area contributed by atoms with Crippen LogP contribution in [0.1, 0.15) is 1.43 Å². The zero-order valence-corrected chi connectivity index (χ0v) is 11.6. The number of hydrogen-bond acceptors (Lipinski definition) is 0. The van der Waals surface area contributed by atoms with Gasteiger partial charge in [-0.2, -0.15) is 0 Å². The van der Waals surface area contributed by atoms with E-state index >= 15 is 0 Å². The maximum atomic E-state index is 2.16. The van der Waals surface area contributed by atoms with E-state index < -0.39 is 0 Å². The molecule has 62 valence electrons. The molecule has 0 amide bonds. The summed E-state index contributed by atoms with van der Waals surface area (Å²) in [5.74, 6) is 0. The predicted octanol–water partition coefficient (Wildman–Crippen LogP) is 1.08. The average Bonchev–Trinajstić information content (AvgIpc) is 1.88. The van der Waals surface area contributed by atoms with Crippen LogP contribution in [-0.2, 0) is 0 Å². The summed E-state index contributed by atoms with van der Waals surface area (Å²) in [7, 11) is 6.49. The van der Waals surface area contributed by atoms with Crippen LogP contribution in [-0.4, -0.2) is 45.1 Å². The molecule has 0 heterocycles. The fraction of sp³-hybridized carbons (Fsp3) is 0.333. The molecule has 1 nitrogen and oxygen atoms in total. The molecule has 1 aromatic carbocycles. The molecule has 2 heteroatoms. The number of benzene rings is 1. The van der Waals surface area contributed by atoms with Gasteiger partial charge < -0.3 is 1.43 Å². The maximum absolute atomic E-state index is 2.16. The Morgan fingerprint density at radius 3 is 1.73 bits per heavy atom. The molecule has 0 unspecified atom stereocenters. The molecule has 0 saturated carbocycles. The van der Waals surface area contributed by atoms with E-state index in [4.69, 9.17) is 0 Å². The minimum absolute atomic E-state index is 0. The van der Waals surface area contributed by atoms with Crippen LogP contribution in [0.4, 0.5) is 5.69 Å². The molecule has 2 radical (unpaired) electrons. The van der Waals surface area contributed by atoms with E-state index in [0.29, 0.717) is 0 Å². The molecule has 0 fully saturated rings. The first kappa shape index (κ1) is 11.0. The standard InChI is InChI=1S/C9H14N.Sn.3H/c1-10(2,3)9-7-5-4-6-8-9;;;;/h4-8H,1-3H3;;;;/q+1;;;;-1. The first-order chi connectivity index (χ1) is 4.61. The van der Waals surface area contributed by atoms with Crippen molar-refractivity contribution in [3.63, 3.8) is 0 Å². The van der Waals surface area contributed by atoms with Crippen molar-refractivity contribution in [3.05, 3.63) is 30.3 Å². The van der Waals surface area contributed by atoms with Crippen LogP contribution in [0.25, 0.3) is 0 Å². The summed E-state index contributed by atoms with van der Waals surface area (Å²) in [5.41, 5.74) is 1.34. The van der Waals surface area contributed by atoms with E-state index in [1.54, 1.807) is 0 Å². The number of rotatable bonds is 1. The molecule has 0 aromatic heterocycles. The van der Waals surface area contributed by atoms with E-state index in [-0.39, 0.29) is 25.3 Å². The monoisotopic (exact) mass is 259 g/mol. The van der Waals surface area contributed by atoms with Gasteiger partial charge in [-0.25, -0.2) is 0 Å². The summed E-state index contributed by atoms with van der Waals surface area (Å²) in [6.07, 6.45) is 0. The second kappa shape index (κ2) is 4.12. The summed E-state index contributed by atoms with van der Waals surface area (Å²) >= 11 is 0. The van der Waals surface area contributed by atoms with Gasteiger partial charge in [0.2, 0.25) is 0 Å². The molecule has 0 aliphatic rings. The van der Waals surface area contributed by atoms with Gasteiger partial charge in [-0.3, -0.25) is 4.48 Å². The summed E-state index contributed by atoms with van der Waals surface area (Å²) in [4.78, 5) is 0. The Bertz CT molecular complexity index is 206. The Balaban J connectivity index is 0. The fourth-order valence-electron chi connectivity index (χ4n) is 0.875. The van der Waals surface area contributed by atoms with Gasteiger partial charge in [-0.1, -0.05) is 18.2 Å². The molecule has 0 aliphatic carbocycles. The number of quaternary nitrogens is 1. The Morgan fingerprint density at radius 1 is 1.00 bits per heavy atom. The first-order valence-electron chi connectivity index (χ1n) is 3.48. The van der Waals surface area contributed by atoms with E-state index in [2.05, 4.69) is 45.4 Å². The van der Waals surface area contributed by atoms with Gasteiger partial charge in [0, 0.05) is 0 Å². The Kier molecular flexibility index (Phi) is 4.11. The van der Waals surface area contributed by atoms with Gasteiger partial charge in [-0.05, 0) is 12.1 Å². The molecular weight excluding hydrogens is 241 g/mol. The van der Waals surface area contributed by atoms with Gasteiger partial charge in [0.1, 0.15) is 5.69 Å². The van der Waals surface area contributed by atoms with Crippen LogP contribution in [0.5, 0.6) is 0 Å². The Labute approximate surface area is 87.1 Å². The van der Waals surface area contributed by atoms with Crippen molar-refractivity contribution in [1.29, 1.82) is 0 Å². The second-order valence-corrected chi connectivity index (χ2v) is 3.35. The number of para-hydroxylation sites is 1. The van der Waals surface area contributed by atoms with Crippen molar-refractivity contribution in [2.75, 3.05) is 21.1 Å². The fourth-order valence-corrected chi connectivity index (χ4v) is 0.875. The molecule has 0 N–H and O–H groups in total. The van der Waals surface area contributed by atoms with Crippen molar-refractivity contribution >= 4 is 29.6 Å². The Morgan fingerprint density at radius 2 is 1.45 bits per heavy atom. The van der Waals surface area contributed by atoms with Gasteiger partial charge in [0.15, 0.2) is 0 Å². The average molecular weight is 258 g/mol. The van der Waals surface area contributed by atoms with Gasteiger partial charge in [0.05, 0.1) is 21.1 Å². The van der Waals surface area contributed by atoms with Crippen LogP contribution in [0.15, 0.2) is 30.3 Å².